The minimum Gasteiger partial charge on any atom is -0.267 e. The van der Waals surface area contributed by atoms with Gasteiger partial charge in [-0.25, -0.2) is 5.01 Å². The predicted octanol–water partition coefficient (Wildman–Crippen LogP) is 3.32. The Morgan fingerprint density at radius 1 is 1.22 bits per heavy atom. The van der Waals surface area contributed by atoms with Crippen molar-refractivity contribution in [2.24, 2.45) is 10.5 Å². The van der Waals surface area contributed by atoms with Gasteiger partial charge in [0.05, 0.1) is 0 Å². The van der Waals surface area contributed by atoms with Crippen LogP contribution < -0.4 is 0 Å². The number of rotatable bonds is 1. The summed E-state index contributed by atoms with van der Waals surface area (Å²) in [5, 5.41) is 6.14. The molecule has 1 aliphatic heterocycles. The number of nitrogens with zero attached hydrogens (tertiary/aromatic N) is 2. The molecule has 0 aromatic heterocycles. The number of hydrogen-bond donors (Lipinski definition) is 0. The van der Waals surface area contributed by atoms with Gasteiger partial charge in [0, 0.05) is 23.2 Å². The van der Waals surface area contributed by atoms with Gasteiger partial charge in [-0.05, 0) is 25.0 Å². The van der Waals surface area contributed by atoms with E-state index < -0.39 is 0 Å². The summed E-state index contributed by atoms with van der Waals surface area (Å²) in [7, 11) is 0. The van der Waals surface area contributed by atoms with E-state index in [1.54, 1.807) is 5.01 Å². The van der Waals surface area contributed by atoms with Gasteiger partial charge in [-0.15, -0.1) is 0 Å². The number of hydrazone groups is 1. The zero-order chi connectivity index (χ0) is 13.2. The number of benzene rings is 1. The highest BCUT2D eigenvalue weighted by Gasteiger charge is 2.26. The van der Waals surface area contributed by atoms with Crippen LogP contribution in [0.2, 0.25) is 0 Å². The van der Waals surface area contributed by atoms with E-state index in [4.69, 9.17) is 0 Å². The second-order valence-electron chi connectivity index (χ2n) is 5.69. The molecule has 3 heteroatoms. The second kappa shape index (κ2) is 4.92. The summed E-state index contributed by atoms with van der Waals surface area (Å²) >= 11 is 0. The van der Waals surface area contributed by atoms with Gasteiger partial charge in [-0.3, -0.25) is 4.79 Å². The maximum absolute atomic E-state index is 12.3. The second-order valence-corrected chi connectivity index (χ2v) is 5.69. The Labute approximate surface area is 108 Å². The zero-order valence-corrected chi connectivity index (χ0v) is 11.3. The lowest BCUT2D eigenvalue weighted by molar-refractivity contribution is 0.0748. The van der Waals surface area contributed by atoms with Gasteiger partial charge in [-0.2, -0.15) is 5.10 Å². The Balaban J connectivity index is 2.22. The summed E-state index contributed by atoms with van der Waals surface area (Å²) in [5.41, 5.74) is 1.85. The lowest BCUT2D eigenvalue weighted by Gasteiger charge is -2.29. The summed E-state index contributed by atoms with van der Waals surface area (Å²) in [6, 6.07) is 9.35. The maximum Gasteiger partial charge on any atom is 0.273 e. The molecule has 1 aromatic carbocycles. The van der Waals surface area contributed by atoms with Crippen molar-refractivity contribution in [3.63, 3.8) is 0 Å². The third-order valence-electron chi connectivity index (χ3n) is 3.15. The Bertz CT molecular complexity index is 457. The van der Waals surface area contributed by atoms with E-state index >= 15 is 0 Å². The van der Waals surface area contributed by atoms with Crippen LogP contribution in [-0.2, 0) is 0 Å². The van der Waals surface area contributed by atoms with Crippen LogP contribution in [-0.4, -0.2) is 23.2 Å². The third kappa shape index (κ3) is 2.78. The molecule has 0 spiro atoms. The van der Waals surface area contributed by atoms with E-state index in [0.29, 0.717) is 12.1 Å². The van der Waals surface area contributed by atoms with Crippen molar-refractivity contribution in [2.75, 3.05) is 6.54 Å². The highest BCUT2D eigenvalue weighted by molar-refractivity contribution is 5.97. The van der Waals surface area contributed by atoms with Gasteiger partial charge in [0.25, 0.3) is 5.91 Å². The van der Waals surface area contributed by atoms with Crippen LogP contribution in [0.1, 0.15) is 44.0 Å². The van der Waals surface area contributed by atoms with Gasteiger partial charge in [0.15, 0.2) is 0 Å². The van der Waals surface area contributed by atoms with Crippen molar-refractivity contribution in [3.8, 4) is 0 Å². The van der Waals surface area contributed by atoms with E-state index in [2.05, 4.69) is 25.9 Å². The van der Waals surface area contributed by atoms with Crippen LogP contribution in [0.3, 0.4) is 0 Å². The third-order valence-corrected chi connectivity index (χ3v) is 3.15. The summed E-state index contributed by atoms with van der Waals surface area (Å²) in [5.74, 6) is -0.00273. The largest absolute Gasteiger partial charge is 0.273 e. The molecule has 0 radical (unpaired) electrons. The topological polar surface area (TPSA) is 32.7 Å². The Morgan fingerprint density at radius 3 is 2.50 bits per heavy atom. The van der Waals surface area contributed by atoms with Crippen LogP contribution in [0.15, 0.2) is 35.4 Å². The predicted molar refractivity (Wildman–Crippen MR) is 73.6 cm³/mol. The number of carbonyl (C=O) groups excluding carboxylic acids is 1. The van der Waals surface area contributed by atoms with E-state index in [-0.39, 0.29) is 11.3 Å². The summed E-state index contributed by atoms with van der Waals surface area (Å²) in [6.45, 7) is 7.14. The van der Waals surface area contributed by atoms with E-state index in [0.717, 1.165) is 18.6 Å². The molecule has 1 aromatic rings. The Hall–Kier alpha value is -1.64. The molecule has 1 amide bonds. The van der Waals surface area contributed by atoms with Crippen molar-refractivity contribution >= 4 is 11.6 Å². The first-order valence-corrected chi connectivity index (χ1v) is 6.43. The first-order chi connectivity index (χ1) is 8.48. The quantitative estimate of drug-likeness (QED) is 0.746. The van der Waals surface area contributed by atoms with Gasteiger partial charge < -0.3 is 0 Å². The Morgan fingerprint density at radius 2 is 1.89 bits per heavy atom. The molecule has 0 unspecified atom stereocenters. The van der Waals surface area contributed by atoms with Crippen molar-refractivity contribution in [3.05, 3.63) is 35.9 Å². The molecular formula is C15H20N2O. The number of carbonyl (C=O) groups is 1. The van der Waals surface area contributed by atoms with Crippen molar-refractivity contribution in [1.82, 2.24) is 5.01 Å². The smallest absolute Gasteiger partial charge is 0.267 e. The average molecular weight is 244 g/mol. The van der Waals surface area contributed by atoms with E-state index in [9.17, 15) is 4.79 Å². The summed E-state index contributed by atoms with van der Waals surface area (Å²) in [6.07, 6.45) is 1.98. The lowest BCUT2D eigenvalue weighted by atomic mass is 9.87. The van der Waals surface area contributed by atoms with Gasteiger partial charge in [0.2, 0.25) is 0 Å². The average Bonchev–Trinajstić information content (AvgIpc) is 2.38. The minimum absolute atomic E-state index is 0.00273. The number of hydrogen-bond acceptors (Lipinski definition) is 2. The van der Waals surface area contributed by atoms with Crippen molar-refractivity contribution < 1.29 is 4.79 Å². The number of amides is 1. The first kappa shape index (κ1) is 12.8. The van der Waals surface area contributed by atoms with E-state index in [1.807, 2.05) is 30.3 Å². The van der Waals surface area contributed by atoms with Gasteiger partial charge in [0.1, 0.15) is 0 Å². The van der Waals surface area contributed by atoms with Crippen molar-refractivity contribution in [2.45, 2.75) is 33.6 Å². The fraction of sp³-hybridized carbons (Fsp3) is 0.467. The highest BCUT2D eigenvalue weighted by atomic mass is 16.2. The SMILES string of the molecule is CC(C)(C)C1=NN(C(=O)c2ccccc2)CCC1. The maximum atomic E-state index is 12.3. The fourth-order valence-electron chi connectivity index (χ4n) is 2.04. The molecule has 0 aliphatic carbocycles. The first-order valence-electron chi connectivity index (χ1n) is 6.43. The Kier molecular flexibility index (Phi) is 3.50. The summed E-state index contributed by atoms with van der Waals surface area (Å²) < 4.78 is 0. The standard InChI is InChI=1S/C15H20N2O/c1-15(2,3)13-10-7-11-17(16-13)14(18)12-8-5-4-6-9-12/h4-6,8-9H,7,10-11H2,1-3H3. The molecule has 18 heavy (non-hydrogen) atoms. The highest BCUT2D eigenvalue weighted by Crippen LogP contribution is 2.24. The van der Waals surface area contributed by atoms with E-state index in [1.165, 1.54) is 0 Å². The fourth-order valence-corrected chi connectivity index (χ4v) is 2.04. The molecule has 1 aliphatic rings. The molecule has 0 bridgehead atoms. The minimum atomic E-state index is -0.00273. The van der Waals surface area contributed by atoms with Crippen molar-refractivity contribution in [1.29, 1.82) is 0 Å². The van der Waals surface area contributed by atoms with Crippen LogP contribution in [0.25, 0.3) is 0 Å². The molecular weight excluding hydrogens is 224 g/mol. The summed E-state index contributed by atoms with van der Waals surface area (Å²) in [4.78, 5) is 12.3. The van der Waals surface area contributed by atoms with Gasteiger partial charge >= 0.3 is 0 Å². The lowest BCUT2D eigenvalue weighted by Crippen LogP contribution is -2.35. The molecule has 2 rings (SSSR count). The molecule has 1 heterocycles. The normalized spacial score (nSPS) is 16.4. The molecule has 0 saturated heterocycles. The van der Waals surface area contributed by atoms with Crippen LogP contribution >= 0.6 is 0 Å². The molecule has 0 fully saturated rings. The molecule has 3 nitrogen and oxygen atoms in total. The molecule has 0 atom stereocenters. The molecule has 0 N–H and O–H groups in total. The van der Waals surface area contributed by atoms with Crippen LogP contribution in [0, 0.1) is 5.41 Å². The monoisotopic (exact) mass is 244 g/mol. The zero-order valence-electron chi connectivity index (χ0n) is 11.3. The molecule has 96 valence electrons. The van der Waals surface area contributed by atoms with Gasteiger partial charge in [-0.1, -0.05) is 39.0 Å². The van der Waals surface area contributed by atoms with Crippen LogP contribution in [0.5, 0.6) is 0 Å². The van der Waals surface area contributed by atoms with Crippen LogP contribution in [0.4, 0.5) is 0 Å². The molecule has 0 saturated carbocycles.